The van der Waals surface area contributed by atoms with Crippen molar-refractivity contribution < 1.29 is 4.39 Å². The van der Waals surface area contributed by atoms with Gasteiger partial charge in [0.25, 0.3) is 0 Å². The number of imidazole rings is 1. The number of rotatable bonds is 4. The Morgan fingerprint density at radius 1 is 1.29 bits per heavy atom. The second-order valence-electron chi connectivity index (χ2n) is 5.94. The van der Waals surface area contributed by atoms with Gasteiger partial charge in [-0.15, -0.1) is 0 Å². The zero-order valence-electron chi connectivity index (χ0n) is 12.5. The monoisotopic (exact) mass is 287 g/mol. The van der Waals surface area contributed by atoms with E-state index >= 15 is 0 Å². The van der Waals surface area contributed by atoms with E-state index in [2.05, 4.69) is 14.9 Å². The van der Waals surface area contributed by atoms with Crippen molar-refractivity contribution in [1.29, 1.82) is 0 Å². The van der Waals surface area contributed by atoms with Crippen molar-refractivity contribution in [2.75, 3.05) is 5.32 Å². The van der Waals surface area contributed by atoms with Crippen LogP contribution in [0.25, 0.3) is 0 Å². The van der Waals surface area contributed by atoms with E-state index in [0.29, 0.717) is 12.6 Å². The van der Waals surface area contributed by atoms with E-state index in [4.69, 9.17) is 0 Å². The first-order valence-electron chi connectivity index (χ1n) is 7.75. The molecule has 1 aromatic heterocycles. The lowest BCUT2D eigenvalue weighted by molar-refractivity contribution is 0.459. The van der Waals surface area contributed by atoms with Crippen LogP contribution in [0, 0.1) is 12.7 Å². The van der Waals surface area contributed by atoms with Gasteiger partial charge in [0.2, 0.25) is 5.95 Å². The van der Waals surface area contributed by atoms with Gasteiger partial charge in [-0.05, 0) is 37.5 Å². The molecule has 1 saturated carbocycles. The number of benzene rings is 1. The van der Waals surface area contributed by atoms with Gasteiger partial charge >= 0.3 is 0 Å². The summed E-state index contributed by atoms with van der Waals surface area (Å²) in [5, 5.41) is 3.56. The molecular formula is C17H22FN3. The molecule has 3 rings (SSSR count). The van der Waals surface area contributed by atoms with Crippen LogP contribution in [0.5, 0.6) is 0 Å². The highest BCUT2D eigenvalue weighted by Gasteiger charge is 2.16. The molecule has 3 nitrogen and oxygen atoms in total. The number of halogens is 1. The molecule has 2 aromatic rings. The molecule has 1 aromatic carbocycles. The van der Waals surface area contributed by atoms with Crippen LogP contribution in [0.4, 0.5) is 10.3 Å². The first-order valence-corrected chi connectivity index (χ1v) is 7.75. The third kappa shape index (κ3) is 3.63. The van der Waals surface area contributed by atoms with Crippen molar-refractivity contribution in [2.24, 2.45) is 0 Å². The van der Waals surface area contributed by atoms with Gasteiger partial charge < -0.3 is 9.88 Å². The van der Waals surface area contributed by atoms with Crippen molar-refractivity contribution in [3.8, 4) is 0 Å². The van der Waals surface area contributed by atoms with E-state index in [1.807, 2.05) is 19.2 Å². The Morgan fingerprint density at radius 3 is 2.86 bits per heavy atom. The molecule has 4 heteroatoms. The highest BCUT2D eigenvalue weighted by molar-refractivity contribution is 5.32. The van der Waals surface area contributed by atoms with Crippen LogP contribution >= 0.6 is 0 Å². The molecule has 1 aliphatic rings. The molecule has 0 amide bonds. The van der Waals surface area contributed by atoms with Crippen LogP contribution in [-0.4, -0.2) is 15.6 Å². The molecule has 1 N–H and O–H groups in total. The quantitative estimate of drug-likeness (QED) is 0.916. The Kier molecular flexibility index (Phi) is 4.23. The van der Waals surface area contributed by atoms with E-state index in [1.165, 1.54) is 38.2 Å². The second-order valence-corrected chi connectivity index (χ2v) is 5.94. The van der Waals surface area contributed by atoms with Crippen LogP contribution in [0.3, 0.4) is 0 Å². The number of hydrogen-bond donors (Lipinski definition) is 1. The van der Waals surface area contributed by atoms with Gasteiger partial charge in [-0.2, -0.15) is 0 Å². The van der Waals surface area contributed by atoms with Crippen molar-refractivity contribution in [2.45, 2.75) is 51.6 Å². The SMILES string of the molecule is Cc1cn(Cc2cccc(F)c2)c(NC2CCCCC2)n1. The van der Waals surface area contributed by atoms with Crippen molar-refractivity contribution in [1.82, 2.24) is 9.55 Å². The van der Waals surface area contributed by atoms with Crippen molar-refractivity contribution in [3.63, 3.8) is 0 Å². The summed E-state index contributed by atoms with van der Waals surface area (Å²) in [7, 11) is 0. The highest BCUT2D eigenvalue weighted by Crippen LogP contribution is 2.22. The minimum Gasteiger partial charge on any atom is -0.353 e. The number of hydrogen-bond acceptors (Lipinski definition) is 2. The molecule has 21 heavy (non-hydrogen) atoms. The largest absolute Gasteiger partial charge is 0.353 e. The fourth-order valence-corrected chi connectivity index (χ4v) is 3.04. The van der Waals surface area contributed by atoms with E-state index in [0.717, 1.165) is 17.2 Å². The minimum atomic E-state index is -0.189. The average molecular weight is 287 g/mol. The zero-order chi connectivity index (χ0) is 14.7. The van der Waals surface area contributed by atoms with Gasteiger partial charge in [0.15, 0.2) is 0 Å². The molecule has 0 spiro atoms. The van der Waals surface area contributed by atoms with Crippen LogP contribution < -0.4 is 5.32 Å². The maximum atomic E-state index is 13.3. The number of nitrogens with zero attached hydrogens (tertiary/aromatic N) is 2. The van der Waals surface area contributed by atoms with Crippen LogP contribution in [0.15, 0.2) is 30.5 Å². The topological polar surface area (TPSA) is 29.9 Å². The van der Waals surface area contributed by atoms with Crippen molar-refractivity contribution >= 4 is 5.95 Å². The summed E-state index contributed by atoms with van der Waals surface area (Å²) in [6.07, 6.45) is 8.38. The van der Waals surface area contributed by atoms with Gasteiger partial charge in [-0.3, -0.25) is 0 Å². The molecule has 1 fully saturated rings. The first-order chi connectivity index (χ1) is 10.2. The van der Waals surface area contributed by atoms with Gasteiger partial charge in [0, 0.05) is 12.2 Å². The van der Waals surface area contributed by atoms with Gasteiger partial charge in [0.1, 0.15) is 5.82 Å². The van der Waals surface area contributed by atoms with Crippen LogP contribution in [0.2, 0.25) is 0 Å². The molecule has 0 atom stereocenters. The molecule has 0 aliphatic heterocycles. The second kappa shape index (κ2) is 6.29. The minimum absolute atomic E-state index is 0.189. The lowest BCUT2D eigenvalue weighted by atomic mass is 9.96. The van der Waals surface area contributed by atoms with Gasteiger partial charge in [0.05, 0.1) is 12.2 Å². The Labute approximate surface area is 125 Å². The van der Waals surface area contributed by atoms with Crippen LogP contribution in [-0.2, 0) is 6.54 Å². The van der Waals surface area contributed by atoms with E-state index in [9.17, 15) is 4.39 Å². The third-order valence-electron chi connectivity index (χ3n) is 4.08. The summed E-state index contributed by atoms with van der Waals surface area (Å²) < 4.78 is 15.4. The van der Waals surface area contributed by atoms with Gasteiger partial charge in [-0.25, -0.2) is 9.37 Å². The summed E-state index contributed by atoms with van der Waals surface area (Å²) in [5.41, 5.74) is 1.95. The molecule has 0 saturated heterocycles. The van der Waals surface area contributed by atoms with Gasteiger partial charge in [-0.1, -0.05) is 31.4 Å². The lowest BCUT2D eigenvalue weighted by Gasteiger charge is -2.23. The molecular weight excluding hydrogens is 265 g/mol. The maximum absolute atomic E-state index is 13.3. The highest BCUT2D eigenvalue weighted by atomic mass is 19.1. The van der Waals surface area contributed by atoms with E-state index in [1.54, 1.807) is 12.1 Å². The standard InChI is InChI=1S/C17H22FN3/c1-13-11-21(12-14-6-5-7-15(18)10-14)17(19-13)20-16-8-3-2-4-9-16/h5-7,10-11,16H,2-4,8-9,12H2,1H3,(H,19,20). The maximum Gasteiger partial charge on any atom is 0.203 e. The number of aryl methyl sites for hydroxylation is 1. The summed E-state index contributed by atoms with van der Waals surface area (Å²) in [5.74, 6) is 0.717. The molecule has 1 heterocycles. The third-order valence-corrected chi connectivity index (χ3v) is 4.08. The lowest BCUT2D eigenvalue weighted by Crippen LogP contribution is -2.24. The smallest absolute Gasteiger partial charge is 0.203 e. The average Bonchev–Trinajstić information content (AvgIpc) is 2.80. The Bertz CT molecular complexity index is 600. The zero-order valence-corrected chi connectivity index (χ0v) is 12.5. The molecule has 0 bridgehead atoms. The molecule has 1 aliphatic carbocycles. The summed E-state index contributed by atoms with van der Waals surface area (Å²) >= 11 is 0. The van der Waals surface area contributed by atoms with E-state index < -0.39 is 0 Å². The Hall–Kier alpha value is -1.84. The Balaban J connectivity index is 1.75. The van der Waals surface area contributed by atoms with E-state index in [-0.39, 0.29) is 5.82 Å². The fourth-order valence-electron chi connectivity index (χ4n) is 3.04. The predicted molar refractivity (Wildman–Crippen MR) is 83.0 cm³/mol. The normalized spacial score (nSPS) is 16.1. The predicted octanol–water partition coefficient (Wildman–Crippen LogP) is 4.12. The number of anilines is 1. The summed E-state index contributed by atoms with van der Waals surface area (Å²) in [6.45, 7) is 2.64. The summed E-state index contributed by atoms with van der Waals surface area (Å²) in [4.78, 5) is 4.58. The molecule has 0 unspecified atom stereocenters. The summed E-state index contributed by atoms with van der Waals surface area (Å²) in [6, 6.07) is 7.28. The van der Waals surface area contributed by atoms with Crippen LogP contribution in [0.1, 0.15) is 43.4 Å². The number of aromatic nitrogens is 2. The Morgan fingerprint density at radius 2 is 2.10 bits per heavy atom. The van der Waals surface area contributed by atoms with Crippen molar-refractivity contribution in [3.05, 3.63) is 47.5 Å². The molecule has 0 radical (unpaired) electrons. The molecule has 112 valence electrons. The number of nitrogens with one attached hydrogen (secondary N) is 1. The first kappa shape index (κ1) is 14.1. The fraction of sp³-hybridized carbons (Fsp3) is 0.471.